The summed E-state index contributed by atoms with van der Waals surface area (Å²) < 4.78 is 6.54. The lowest BCUT2D eigenvalue weighted by Crippen LogP contribution is -2.43. The molecule has 0 aliphatic rings. The molecular weight excluding hydrogens is 366 g/mol. The number of carbonyl (C=O) groups is 1. The van der Waals surface area contributed by atoms with Crippen LogP contribution < -0.4 is 5.56 Å². The summed E-state index contributed by atoms with van der Waals surface area (Å²) in [5.41, 5.74) is 0.671. The third kappa shape index (κ3) is 4.22. The Morgan fingerprint density at radius 1 is 1.03 bits per heavy atom. The van der Waals surface area contributed by atoms with E-state index >= 15 is 0 Å². The average Bonchev–Trinajstić information content (AvgIpc) is 2.77. The molecule has 6 nitrogen and oxygen atoms in total. The summed E-state index contributed by atoms with van der Waals surface area (Å²) in [4.78, 5) is 28.5. The molecule has 0 fully saturated rings. The lowest BCUT2D eigenvalue weighted by atomic mass is 10.1. The number of ether oxygens (including phenoxy) is 1. The second kappa shape index (κ2) is 9.47. The number of fused-ring (bicyclic) bond motifs is 1. The van der Waals surface area contributed by atoms with Gasteiger partial charge < -0.3 is 9.64 Å². The molecule has 0 bridgehead atoms. The Labute approximate surface area is 170 Å². The van der Waals surface area contributed by atoms with Crippen LogP contribution in [0.25, 0.3) is 16.5 Å². The van der Waals surface area contributed by atoms with Gasteiger partial charge in [-0.3, -0.25) is 9.59 Å². The van der Waals surface area contributed by atoms with Crippen molar-refractivity contribution < 1.29 is 9.53 Å². The summed E-state index contributed by atoms with van der Waals surface area (Å²) in [6.45, 7) is 5.05. The van der Waals surface area contributed by atoms with E-state index in [2.05, 4.69) is 18.9 Å². The highest BCUT2D eigenvalue weighted by molar-refractivity contribution is 6.05. The molecule has 1 aromatic heterocycles. The Balaban J connectivity index is 2.20. The summed E-state index contributed by atoms with van der Waals surface area (Å²) in [5.74, 6) is -0.184. The van der Waals surface area contributed by atoms with E-state index < -0.39 is 0 Å². The van der Waals surface area contributed by atoms with Gasteiger partial charge >= 0.3 is 0 Å². The van der Waals surface area contributed by atoms with Gasteiger partial charge in [0.15, 0.2) is 5.69 Å². The highest BCUT2D eigenvalue weighted by Gasteiger charge is 2.26. The van der Waals surface area contributed by atoms with E-state index in [1.54, 1.807) is 37.4 Å². The number of hydrogen-bond donors (Lipinski definition) is 0. The zero-order valence-electron chi connectivity index (χ0n) is 17.2. The molecule has 3 aromatic rings. The topological polar surface area (TPSA) is 64.4 Å². The van der Waals surface area contributed by atoms with E-state index in [0.29, 0.717) is 29.6 Å². The third-order valence-electron chi connectivity index (χ3n) is 5.19. The Morgan fingerprint density at radius 3 is 2.28 bits per heavy atom. The van der Waals surface area contributed by atoms with Crippen LogP contribution in [0.4, 0.5) is 0 Å². The first-order valence-corrected chi connectivity index (χ1v) is 9.99. The first-order valence-electron chi connectivity index (χ1n) is 9.99. The Hall–Kier alpha value is -2.99. The van der Waals surface area contributed by atoms with Crippen molar-refractivity contribution in [3.05, 3.63) is 70.6 Å². The van der Waals surface area contributed by atoms with Crippen molar-refractivity contribution in [2.45, 2.75) is 32.7 Å². The molecule has 29 heavy (non-hydrogen) atoms. The van der Waals surface area contributed by atoms with Crippen LogP contribution in [0.15, 0.2) is 59.4 Å². The highest BCUT2D eigenvalue weighted by atomic mass is 16.5. The maximum absolute atomic E-state index is 13.6. The van der Waals surface area contributed by atoms with E-state index in [9.17, 15) is 9.59 Å². The summed E-state index contributed by atoms with van der Waals surface area (Å²) in [6, 6.07) is 16.4. The van der Waals surface area contributed by atoms with Crippen LogP contribution >= 0.6 is 0 Å². The standard InChI is InChI=1S/C23H27N3O3/c1-4-17(5-2)25(15-16-29-3)23(28)21-19-13-9-10-14-20(19)22(27)26(24-21)18-11-7-6-8-12-18/h6-14,17H,4-5,15-16H2,1-3H3. The van der Waals surface area contributed by atoms with E-state index in [4.69, 9.17) is 4.74 Å². The van der Waals surface area contributed by atoms with Crippen LogP contribution in [0.2, 0.25) is 0 Å². The van der Waals surface area contributed by atoms with Crippen LogP contribution in [0.5, 0.6) is 0 Å². The van der Waals surface area contributed by atoms with Crippen molar-refractivity contribution in [3.8, 4) is 5.69 Å². The molecule has 1 heterocycles. The molecule has 0 N–H and O–H groups in total. The number of aromatic nitrogens is 2. The second-order valence-electron chi connectivity index (χ2n) is 6.91. The number of methoxy groups -OCH3 is 1. The van der Waals surface area contributed by atoms with Crippen molar-refractivity contribution in [3.63, 3.8) is 0 Å². The van der Waals surface area contributed by atoms with Gasteiger partial charge in [-0.2, -0.15) is 9.78 Å². The summed E-state index contributed by atoms with van der Waals surface area (Å²) >= 11 is 0. The average molecular weight is 393 g/mol. The fourth-order valence-electron chi connectivity index (χ4n) is 3.60. The second-order valence-corrected chi connectivity index (χ2v) is 6.91. The summed E-state index contributed by atoms with van der Waals surface area (Å²) in [5, 5.41) is 5.57. The van der Waals surface area contributed by atoms with Gasteiger partial charge in [-0.25, -0.2) is 0 Å². The van der Waals surface area contributed by atoms with Crippen molar-refractivity contribution in [2.75, 3.05) is 20.3 Å². The molecule has 6 heteroatoms. The minimum atomic E-state index is -0.241. The van der Waals surface area contributed by atoms with Gasteiger partial charge in [0.25, 0.3) is 11.5 Å². The molecule has 0 spiro atoms. The molecule has 2 aromatic carbocycles. The van der Waals surface area contributed by atoms with Crippen LogP contribution in [0, 0.1) is 0 Å². The maximum atomic E-state index is 13.6. The predicted octanol–water partition coefficient (Wildman–Crippen LogP) is 3.66. The number of para-hydroxylation sites is 1. The normalized spacial score (nSPS) is 11.2. The van der Waals surface area contributed by atoms with Crippen LogP contribution in [0.1, 0.15) is 37.2 Å². The smallest absolute Gasteiger partial charge is 0.279 e. The van der Waals surface area contributed by atoms with Crippen molar-refractivity contribution in [2.24, 2.45) is 0 Å². The number of rotatable bonds is 8. The van der Waals surface area contributed by atoms with Crippen molar-refractivity contribution in [1.82, 2.24) is 14.7 Å². The summed E-state index contributed by atoms with van der Waals surface area (Å²) in [6.07, 6.45) is 1.67. The molecule has 152 valence electrons. The van der Waals surface area contributed by atoms with Crippen LogP contribution in [-0.4, -0.2) is 46.9 Å². The van der Waals surface area contributed by atoms with Gasteiger partial charge in [0.2, 0.25) is 0 Å². The minimum Gasteiger partial charge on any atom is -0.383 e. The molecule has 0 aliphatic carbocycles. The zero-order chi connectivity index (χ0) is 20.8. The van der Waals surface area contributed by atoms with Gasteiger partial charge in [-0.1, -0.05) is 50.2 Å². The molecule has 3 rings (SSSR count). The van der Waals surface area contributed by atoms with Gasteiger partial charge in [0.1, 0.15) is 0 Å². The Morgan fingerprint density at radius 2 is 1.66 bits per heavy atom. The molecular formula is C23H27N3O3. The number of carbonyl (C=O) groups excluding carboxylic acids is 1. The quantitative estimate of drug-likeness (QED) is 0.586. The van der Waals surface area contributed by atoms with E-state index in [1.165, 1.54) is 4.68 Å². The van der Waals surface area contributed by atoms with Crippen molar-refractivity contribution >= 4 is 16.7 Å². The van der Waals surface area contributed by atoms with Gasteiger partial charge in [0, 0.05) is 25.1 Å². The highest BCUT2D eigenvalue weighted by Crippen LogP contribution is 2.19. The predicted molar refractivity (Wildman–Crippen MR) is 115 cm³/mol. The Kier molecular flexibility index (Phi) is 6.77. The summed E-state index contributed by atoms with van der Waals surface area (Å²) in [7, 11) is 1.62. The molecule has 0 unspecified atom stereocenters. The molecule has 0 atom stereocenters. The maximum Gasteiger partial charge on any atom is 0.279 e. The fourth-order valence-corrected chi connectivity index (χ4v) is 3.60. The van der Waals surface area contributed by atoms with E-state index in [-0.39, 0.29) is 23.2 Å². The van der Waals surface area contributed by atoms with Gasteiger partial charge in [-0.05, 0) is 31.0 Å². The van der Waals surface area contributed by atoms with E-state index in [0.717, 1.165) is 12.8 Å². The molecule has 0 saturated carbocycles. The third-order valence-corrected chi connectivity index (χ3v) is 5.19. The molecule has 0 aliphatic heterocycles. The Bertz CT molecular complexity index is 1030. The molecule has 0 radical (unpaired) electrons. The first kappa shape index (κ1) is 20.7. The number of nitrogens with zero attached hydrogens (tertiary/aromatic N) is 3. The van der Waals surface area contributed by atoms with Crippen molar-refractivity contribution in [1.29, 1.82) is 0 Å². The van der Waals surface area contributed by atoms with Gasteiger partial charge in [0.05, 0.1) is 17.7 Å². The first-order chi connectivity index (χ1) is 14.1. The lowest BCUT2D eigenvalue weighted by molar-refractivity contribution is 0.0584. The van der Waals surface area contributed by atoms with Crippen LogP contribution in [-0.2, 0) is 4.74 Å². The molecule has 0 saturated heterocycles. The molecule has 1 amide bonds. The monoisotopic (exact) mass is 393 g/mol. The number of hydrogen-bond acceptors (Lipinski definition) is 4. The van der Waals surface area contributed by atoms with E-state index in [1.807, 2.05) is 29.2 Å². The lowest BCUT2D eigenvalue weighted by Gasteiger charge is -2.30. The minimum absolute atomic E-state index is 0.0790. The largest absolute Gasteiger partial charge is 0.383 e. The number of amides is 1. The fraction of sp³-hybridized carbons (Fsp3) is 0.348. The zero-order valence-corrected chi connectivity index (χ0v) is 17.2. The SMILES string of the molecule is CCC(CC)N(CCOC)C(=O)c1nn(-c2ccccc2)c(=O)c2ccccc12. The van der Waals surface area contributed by atoms with Gasteiger partial charge in [-0.15, -0.1) is 0 Å². The van der Waals surface area contributed by atoms with Crippen LogP contribution in [0.3, 0.4) is 0 Å². The number of benzene rings is 2.